The van der Waals surface area contributed by atoms with Crippen molar-refractivity contribution >= 4 is 40.5 Å². The van der Waals surface area contributed by atoms with E-state index in [2.05, 4.69) is 16.0 Å². The second-order valence-electron chi connectivity index (χ2n) is 6.10. The molecule has 0 aromatic heterocycles. The van der Waals surface area contributed by atoms with Crippen molar-refractivity contribution in [3.63, 3.8) is 0 Å². The Morgan fingerprint density at radius 2 is 1.69 bits per heavy atom. The van der Waals surface area contributed by atoms with E-state index in [4.69, 9.17) is 16.3 Å². The van der Waals surface area contributed by atoms with Crippen LogP contribution in [0.3, 0.4) is 0 Å². The van der Waals surface area contributed by atoms with E-state index in [0.717, 1.165) is 12.1 Å². The Labute approximate surface area is 170 Å². The van der Waals surface area contributed by atoms with Crippen molar-refractivity contribution in [2.75, 3.05) is 29.7 Å². The highest BCUT2D eigenvalue weighted by Crippen LogP contribution is 2.36. The highest BCUT2D eigenvalue weighted by Gasteiger charge is 2.34. The molecule has 0 fully saturated rings. The molecule has 2 amide bonds. The highest BCUT2D eigenvalue weighted by molar-refractivity contribution is 6.30. The Morgan fingerprint density at radius 1 is 1.07 bits per heavy atom. The topological polar surface area (TPSA) is 79.5 Å². The molecular formula is C19H19ClF3N3O3. The zero-order valence-electron chi connectivity index (χ0n) is 15.6. The first kappa shape index (κ1) is 22.5. The summed E-state index contributed by atoms with van der Waals surface area (Å²) in [5, 5.41) is 7.68. The van der Waals surface area contributed by atoms with Gasteiger partial charge in [0.25, 0.3) is 0 Å². The van der Waals surface area contributed by atoms with E-state index in [-0.39, 0.29) is 23.2 Å². The van der Waals surface area contributed by atoms with Crippen LogP contribution in [0.5, 0.6) is 0 Å². The molecule has 6 nitrogen and oxygen atoms in total. The van der Waals surface area contributed by atoms with Crippen molar-refractivity contribution in [1.29, 1.82) is 0 Å². The van der Waals surface area contributed by atoms with Crippen LogP contribution in [0.25, 0.3) is 0 Å². The summed E-state index contributed by atoms with van der Waals surface area (Å²) in [4.78, 5) is 23.8. The zero-order chi connectivity index (χ0) is 21.6. The molecule has 0 aliphatic carbocycles. The minimum atomic E-state index is -4.66. The molecule has 0 saturated carbocycles. The molecule has 29 heavy (non-hydrogen) atoms. The normalized spacial score (nSPS) is 12.2. The number of rotatable bonds is 7. The molecule has 0 aliphatic heterocycles. The summed E-state index contributed by atoms with van der Waals surface area (Å²) in [5.74, 6) is -0.973. The second kappa shape index (κ2) is 9.62. The van der Waals surface area contributed by atoms with Crippen molar-refractivity contribution < 1.29 is 27.5 Å². The van der Waals surface area contributed by atoms with Crippen LogP contribution < -0.4 is 16.0 Å². The molecule has 10 heteroatoms. The van der Waals surface area contributed by atoms with Gasteiger partial charge in [0.15, 0.2) is 0 Å². The summed E-state index contributed by atoms with van der Waals surface area (Å²) in [7, 11) is 1.40. The standard InChI is InChI=1S/C19H19ClF3N3O3/c1-11(24-13-4-6-14(7-5-13)25-17(27)10-29-2)18(28)26-16-8-3-12(20)9-15(16)19(21,22)23/h3-9,11,24H,10H2,1-2H3,(H,25,27)(H,26,28). The smallest absolute Gasteiger partial charge is 0.375 e. The van der Waals surface area contributed by atoms with Gasteiger partial charge in [-0.3, -0.25) is 9.59 Å². The van der Waals surface area contributed by atoms with E-state index >= 15 is 0 Å². The van der Waals surface area contributed by atoms with Crippen molar-refractivity contribution in [2.24, 2.45) is 0 Å². The van der Waals surface area contributed by atoms with Crippen molar-refractivity contribution in [3.8, 4) is 0 Å². The molecule has 0 radical (unpaired) electrons. The minimum absolute atomic E-state index is 0.0815. The molecule has 1 atom stereocenters. The first-order valence-electron chi connectivity index (χ1n) is 8.43. The van der Waals surface area contributed by atoms with E-state index in [0.29, 0.717) is 11.4 Å². The third-order valence-corrected chi connectivity index (χ3v) is 4.00. The Kier molecular flexibility index (Phi) is 7.46. The number of nitrogens with one attached hydrogen (secondary N) is 3. The van der Waals surface area contributed by atoms with Crippen molar-refractivity contribution in [2.45, 2.75) is 19.1 Å². The van der Waals surface area contributed by atoms with Crippen LogP contribution in [0.4, 0.5) is 30.2 Å². The van der Waals surface area contributed by atoms with Crippen LogP contribution in [-0.2, 0) is 20.5 Å². The number of hydrogen-bond donors (Lipinski definition) is 3. The lowest BCUT2D eigenvalue weighted by molar-refractivity contribution is -0.137. The second-order valence-corrected chi connectivity index (χ2v) is 6.54. The number of halogens is 4. The highest BCUT2D eigenvalue weighted by atomic mass is 35.5. The van der Waals surface area contributed by atoms with Gasteiger partial charge in [0.2, 0.25) is 11.8 Å². The van der Waals surface area contributed by atoms with Gasteiger partial charge in [-0.25, -0.2) is 0 Å². The van der Waals surface area contributed by atoms with Gasteiger partial charge in [0.05, 0.1) is 11.3 Å². The first-order valence-corrected chi connectivity index (χ1v) is 8.81. The number of carbonyl (C=O) groups excluding carboxylic acids is 2. The molecule has 2 aromatic rings. The predicted octanol–water partition coefficient (Wildman–Crippen LogP) is 4.38. The van der Waals surface area contributed by atoms with Gasteiger partial charge >= 0.3 is 6.18 Å². The number of ether oxygens (including phenoxy) is 1. The largest absolute Gasteiger partial charge is 0.418 e. The van der Waals surface area contributed by atoms with Crippen LogP contribution in [0.2, 0.25) is 5.02 Å². The summed E-state index contributed by atoms with van der Waals surface area (Å²) >= 11 is 5.63. The molecule has 0 heterocycles. The SMILES string of the molecule is COCC(=O)Nc1ccc(NC(C)C(=O)Nc2ccc(Cl)cc2C(F)(F)F)cc1. The van der Waals surface area contributed by atoms with Crippen LogP contribution in [0.15, 0.2) is 42.5 Å². The first-order chi connectivity index (χ1) is 13.6. The lowest BCUT2D eigenvalue weighted by atomic mass is 10.1. The van der Waals surface area contributed by atoms with Gasteiger partial charge < -0.3 is 20.7 Å². The predicted molar refractivity (Wildman–Crippen MR) is 105 cm³/mol. The van der Waals surface area contributed by atoms with Gasteiger partial charge in [-0.1, -0.05) is 11.6 Å². The van der Waals surface area contributed by atoms with Crippen LogP contribution in [-0.4, -0.2) is 31.6 Å². The number of methoxy groups -OCH3 is 1. The summed E-state index contributed by atoms with van der Waals surface area (Å²) in [6.45, 7) is 1.43. The molecular weight excluding hydrogens is 411 g/mol. The Balaban J connectivity index is 2.02. The van der Waals surface area contributed by atoms with Gasteiger partial charge in [-0.05, 0) is 49.4 Å². The van der Waals surface area contributed by atoms with Crippen LogP contribution in [0.1, 0.15) is 12.5 Å². The fourth-order valence-corrected chi connectivity index (χ4v) is 2.57. The third-order valence-electron chi connectivity index (χ3n) is 3.77. The molecule has 0 spiro atoms. The number of hydrogen-bond acceptors (Lipinski definition) is 4. The van der Waals surface area contributed by atoms with Gasteiger partial charge in [-0.2, -0.15) is 13.2 Å². The summed E-state index contributed by atoms with van der Waals surface area (Å²) in [6.07, 6.45) is -4.66. The molecule has 0 saturated heterocycles. The molecule has 2 aromatic carbocycles. The van der Waals surface area contributed by atoms with E-state index in [1.165, 1.54) is 20.1 Å². The van der Waals surface area contributed by atoms with Crippen LogP contribution >= 0.6 is 11.6 Å². The molecule has 2 rings (SSSR count). The van der Waals surface area contributed by atoms with Gasteiger partial charge in [-0.15, -0.1) is 0 Å². The van der Waals surface area contributed by atoms with Crippen molar-refractivity contribution in [1.82, 2.24) is 0 Å². The van der Waals surface area contributed by atoms with Gasteiger partial charge in [0.1, 0.15) is 12.6 Å². The van der Waals surface area contributed by atoms with E-state index in [9.17, 15) is 22.8 Å². The molecule has 0 aliphatic rings. The van der Waals surface area contributed by atoms with E-state index < -0.39 is 23.7 Å². The lowest BCUT2D eigenvalue weighted by Gasteiger charge is -2.18. The summed E-state index contributed by atoms with van der Waals surface area (Å²) in [6, 6.07) is 8.76. The maximum Gasteiger partial charge on any atom is 0.418 e. The van der Waals surface area contributed by atoms with E-state index in [1.807, 2.05) is 0 Å². The third kappa shape index (κ3) is 6.65. The fraction of sp³-hybridized carbons (Fsp3) is 0.263. The number of alkyl halides is 3. The zero-order valence-corrected chi connectivity index (χ0v) is 16.3. The Hall–Kier alpha value is -2.78. The Bertz CT molecular complexity index is 873. The maximum atomic E-state index is 13.1. The monoisotopic (exact) mass is 429 g/mol. The Morgan fingerprint density at radius 3 is 2.28 bits per heavy atom. The van der Waals surface area contributed by atoms with Crippen LogP contribution in [0, 0.1) is 0 Å². The van der Waals surface area contributed by atoms with E-state index in [1.54, 1.807) is 24.3 Å². The fourth-order valence-electron chi connectivity index (χ4n) is 2.39. The minimum Gasteiger partial charge on any atom is -0.375 e. The summed E-state index contributed by atoms with van der Waals surface area (Å²) in [5.41, 5.74) is -0.325. The molecule has 3 N–H and O–H groups in total. The molecule has 156 valence electrons. The summed E-state index contributed by atoms with van der Waals surface area (Å²) < 4.78 is 44.1. The van der Waals surface area contributed by atoms with Crippen molar-refractivity contribution in [3.05, 3.63) is 53.1 Å². The average Bonchev–Trinajstić information content (AvgIpc) is 2.64. The quantitative estimate of drug-likeness (QED) is 0.610. The number of benzene rings is 2. The maximum absolute atomic E-state index is 13.1. The number of amides is 2. The molecule has 1 unspecified atom stereocenters. The number of carbonyl (C=O) groups is 2. The van der Waals surface area contributed by atoms with Gasteiger partial charge in [0, 0.05) is 23.5 Å². The average molecular weight is 430 g/mol. The lowest BCUT2D eigenvalue weighted by Crippen LogP contribution is -2.32. The molecule has 0 bridgehead atoms. The number of anilines is 3.